The van der Waals surface area contributed by atoms with Crippen LogP contribution in [0.2, 0.25) is 10.0 Å². The Bertz CT molecular complexity index is 1070. The highest BCUT2D eigenvalue weighted by Gasteiger charge is 2.16. The van der Waals surface area contributed by atoms with Gasteiger partial charge in [0.05, 0.1) is 15.8 Å². The van der Waals surface area contributed by atoms with E-state index >= 15 is 0 Å². The van der Waals surface area contributed by atoms with Crippen molar-refractivity contribution >= 4 is 58.2 Å². The number of aryl methyl sites for hydroxylation is 1. The minimum absolute atomic E-state index is 0.0914. The molecule has 0 radical (unpaired) electrons. The third kappa shape index (κ3) is 6.02. The number of hydrogen-bond acceptors (Lipinski definition) is 3. The molecule has 3 rings (SSSR count). The van der Waals surface area contributed by atoms with Gasteiger partial charge in [-0.15, -0.1) is 11.8 Å². The number of rotatable bonds is 6. The molecular weight excluding hydrogens is 439 g/mol. The minimum atomic E-state index is -0.330. The van der Waals surface area contributed by atoms with Crippen molar-refractivity contribution in [3.63, 3.8) is 0 Å². The lowest BCUT2D eigenvalue weighted by molar-refractivity contribution is -0.115. The van der Waals surface area contributed by atoms with E-state index < -0.39 is 0 Å². The number of amides is 2. The van der Waals surface area contributed by atoms with Gasteiger partial charge >= 0.3 is 0 Å². The summed E-state index contributed by atoms with van der Waals surface area (Å²) in [4.78, 5) is 25.9. The normalized spacial score (nSPS) is 11.6. The summed E-state index contributed by atoms with van der Waals surface area (Å²) in [5, 5.41) is 6.17. The smallest absolute Gasteiger partial charge is 0.257 e. The molecule has 1 unspecified atom stereocenters. The van der Waals surface area contributed by atoms with Gasteiger partial charge in [0.25, 0.3) is 5.91 Å². The fourth-order valence-electron chi connectivity index (χ4n) is 2.66. The molecule has 0 spiro atoms. The zero-order chi connectivity index (χ0) is 21.7. The van der Waals surface area contributed by atoms with Crippen molar-refractivity contribution in [2.75, 3.05) is 10.6 Å². The zero-order valence-corrected chi connectivity index (χ0v) is 18.7. The molecule has 0 aliphatic carbocycles. The molecular formula is C23H20Cl2N2O2S. The Kier molecular flexibility index (Phi) is 7.43. The van der Waals surface area contributed by atoms with Gasteiger partial charge in [-0.3, -0.25) is 9.59 Å². The molecule has 0 aliphatic heterocycles. The average molecular weight is 459 g/mol. The molecule has 7 heteroatoms. The van der Waals surface area contributed by atoms with E-state index in [-0.39, 0.29) is 22.1 Å². The van der Waals surface area contributed by atoms with Crippen LogP contribution in [-0.2, 0) is 4.79 Å². The summed E-state index contributed by atoms with van der Waals surface area (Å²) in [5.74, 6) is -0.421. The van der Waals surface area contributed by atoms with Crippen molar-refractivity contribution in [2.24, 2.45) is 0 Å². The van der Waals surface area contributed by atoms with Gasteiger partial charge in [-0.2, -0.15) is 0 Å². The fourth-order valence-corrected chi connectivity index (χ4v) is 4.08. The highest BCUT2D eigenvalue weighted by Crippen LogP contribution is 2.28. The quantitative estimate of drug-likeness (QED) is 0.405. The average Bonchev–Trinajstić information content (AvgIpc) is 2.69. The van der Waals surface area contributed by atoms with Crippen molar-refractivity contribution < 1.29 is 9.59 Å². The van der Waals surface area contributed by atoms with E-state index in [0.717, 1.165) is 16.1 Å². The Morgan fingerprint density at radius 3 is 2.33 bits per heavy atom. The van der Waals surface area contributed by atoms with Crippen molar-refractivity contribution in [3.05, 3.63) is 87.9 Å². The Balaban J connectivity index is 1.63. The van der Waals surface area contributed by atoms with Crippen LogP contribution >= 0.6 is 35.0 Å². The maximum Gasteiger partial charge on any atom is 0.257 e. The highest BCUT2D eigenvalue weighted by atomic mass is 35.5. The number of carbonyl (C=O) groups excluding carboxylic acids is 2. The summed E-state index contributed by atoms with van der Waals surface area (Å²) in [5.41, 5.74) is 2.85. The first-order valence-electron chi connectivity index (χ1n) is 9.22. The van der Waals surface area contributed by atoms with Crippen molar-refractivity contribution in [3.8, 4) is 0 Å². The first-order valence-corrected chi connectivity index (χ1v) is 10.9. The molecule has 2 N–H and O–H groups in total. The van der Waals surface area contributed by atoms with Gasteiger partial charge in [0.1, 0.15) is 0 Å². The third-order valence-corrected chi connectivity index (χ3v) is 5.91. The van der Waals surface area contributed by atoms with Gasteiger partial charge in [-0.1, -0.05) is 47.0 Å². The summed E-state index contributed by atoms with van der Waals surface area (Å²) in [6.45, 7) is 3.84. The Hall–Kier alpha value is -2.47. The van der Waals surface area contributed by atoms with Gasteiger partial charge in [0, 0.05) is 21.3 Å². The molecule has 3 aromatic carbocycles. The Morgan fingerprint density at radius 1 is 0.900 bits per heavy atom. The molecule has 0 saturated carbocycles. The molecule has 0 aromatic heterocycles. The number of carbonyl (C=O) groups is 2. The van der Waals surface area contributed by atoms with Crippen molar-refractivity contribution in [1.29, 1.82) is 0 Å². The monoisotopic (exact) mass is 458 g/mol. The van der Waals surface area contributed by atoms with Crippen LogP contribution in [0.3, 0.4) is 0 Å². The molecule has 3 aromatic rings. The maximum absolute atomic E-state index is 12.5. The van der Waals surface area contributed by atoms with Crippen LogP contribution in [0.4, 0.5) is 11.4 Å². The maximum atomic E-state index is 12.5. The van der Waals surface area contributed by atoms with Gasteiger partial charge < -0.3 is 10.6 Å². The van der Waals surface area contributed by atoms with Gasteiger partial charge in [0.15, 0.2) is 0 Å². The van der Waals surface area contributed by atoms with Crippen molar-refractivity contribution in [1.82, 2.24) is 0 Å². The molecule has 0 heterocycles. The van der Waals surface area contributed by atoms with E-state index in [1.807, 2.05) is 56.3 Å². The molecule has 0 saturated heterocycles. The van der Waals surface area contributed by atoms with Gasteiger partial charge in [-0.05, 0) is 62.4 Å². The summed E-state index contributed by atoms with van der Waals surface area (Å²) < 4.78 is 0. The molecule has 4 nitrogen and oxygen atoms in total. The number of anilines is 2. The van der Waals surface area contributed by atoms with Crippen molar-refractivity contribution in [2.45, 2.75) is 24.0 Å². The second-order valence-electron chi connectivity index (χ2n) is 6.72. The summed E-state index contributed by atoms with van der Waals surface area (Å²) in [7, 11) is 0. The van der Waals surface area contributed by atoms with Crippen LogP contribution in [0.15, 0.2) is 71.6 Å². The Labute approximate surface area is 190 Å². The van der Waals surface area contributed by atoms with E-state index in [0.29, 0.717) is 16.3 Å². The summed E-state index contributed by atoms with van der Waals surface area (Å²) in [6, 6.07) is 19.7. The van der Waals surface area contributed by atoms with Crippen LogP contribution in [-0.4, -0.2) is 17.1 Å². The lowest BCUT2D eigenvalue weighted by Gasteiger charge is -2.13. The molecule has 0 aliphatic rings. The van der Waals surface area contributed by atoms with Crippen LogP contribution in [0, 0.1) is 6.92 Å². The predicted octanol–water partition coefficient (Wildman–Crippen LogP) is 6.67. The molecule has 0 fully saturated rings. The van der Waals surface area contributed by atoms with Crippen LogP contribution < -0.4 is 10.6 Å². The van der Waals surface area contributed by atoms with Crippen LogP contribution in [0.5, 0.6) is 0 Å². The van der Waals surface area contributed by atoms with E-state index in [9.17, 15) is 9.59 Å². The second kappa shape index (κ2) is 10.0. The first kappa shape index (κ1) is 22.2. The molecule has 154 valence electrons. The van der Waals surface area contributed by atoms with Gasteiger partial charge in [0.2, 0.25) is 5.91 Å². The van der Waals surface area contributed by atoms with Crippen LogP contribution in [0.25, 0.3) is 0 Å². The minimum Gasteiger partial charge on any atom is -0.325 e. The molecule has 0 bridgehead atoms. The largest absolute Gasteiger partial charge is 0.325 e. The summed E-state index contributed by atoms with van der Waals surface area (Å²) in [6.07, 6.45) is 0. The third-order valence-electron chi connectivity index (χ3n) is 4.27. The zero-order valence-electron chi connectivity index (χ0n) is 16.4. The number of thioether (sulfide) groups is 1. The van der Waals surface area contributed by atoms with E-state index in [1.54, 1.807) is 18.2 Å². The van der Waals surface area contributed by atoms with E-state index in [2.05, 4.69) is 10.6 Å². The number of halogens is 2. The predicted molar refractivity (Wildman–Crippen MR) is 126 cm³/mol. The highest BCUT2D eigenvalue weighted by molar-refractivity contribution is 8.00. The first-order chi connectivity index (χ1) is 14.3. The number of hydrogen-bond donors (Lipinski definition) is 2. The lowest BCUT2D eigenvalue weighted by Crippen LogP contribution is -2.22. The standard InChI is InChI=1S/C23H20Cl2N2O2S/c1-14-6-9-17(10-7-14)26-22(28)15(2)30-19-5-3-4-18(13-19)27-23(29)20-11-8-16(24)12-21(20)25/h3-13,15H,1-2H3,(H,26,28)(H,27,29). The topological polar surface area (TPSA) is 58.2 Å². The number of benzene rings is 3. The molecule has 30 heavy (non-hydrogen) atoms. The van der Waals surface area contributed by atoms with E-state index in [4.69, 9.17) is 23.2 Å². The van der Waals surface area contributed by atoms with E-state index in [1.165, 1.54) is 17.8 Å². The second-order valence-corrected chi connectivity index (χ2v) is 8.98. The van der Waals surface area contributed by atoms with Crippen LogP contribution in [0.1, 0.15) is 22.8 Å². The summed E-state index contributed by atoms with van der Waals surface area (Å²) >= 11 is 13.4. The molecule has 1 atom stereocenters. The number of nitrogens with one attached hydrogen (secondary N) is 2. The molecule has 2 amide bonds. The fraction of sp³-hybridized carbons (Fsp3) is 0.130. The van der Waals surface area contributed by atoms with Gasteiger partial charge in [-0.25, -0.2) is 0 Å². The SMILES string of the molecule is Cc1ccc(NC(=O)C(C)Sc2cccc(NC(=O)c3ccc(Cl)cc3Cl)c2)cc1. The lowest BCUT2D eigenvalue weighted by atomic mass is 10.2. The Morgan fingerprint density at radius 2 is 1.63 bits per heavy atom.